The molecule has 0 spiro atoms. The predicted octanol–water partition coefficient (Wildman–Crippen LogP) is 1.80. The van der Waals surface area contributed by atoms with E-state index in [4.69, 9.17) is 9.15 Å². The van der Waals surface area contributed by atoms with Crippen molar-refractivity contribution in [1.82, 2.24) is 14.9 Å². The number of sulfone groups is 1. The second-order valence-corrected chi connectivity index (χ2v) is 9.69. The zero-order chi connectivity index (χ0) is 21.8. The largest absolute Gasteiger partial charge is 0.494 e. The van der Waals surface area contributed by atoms with Gasteiger partial charge in [-0.3, -0.25) is 9.88 Å². The minimum absolute atomic E-state index is 0.181. The number of benzene rings is 1. The van der Waals surface area contributed by atoms with Crippen LogP contribution in [0.15, 0.2) is 41.1 Å². The summed E-state index contributed by atoms with van der Waals surface area (Å²) < 4.78 is 34.3. The number of hydrogen-bond acceptors (Lipinski definition) is 8. The van der Waals surface area contributed by atoms with E-state index in [-0.39, 0.29) is 5.75 Å². The number of pyridine rings is 1. The van der Waals surface area contributed by atoms with Crippen LogP contribution in [0.5, 0.6) is 5.75 Å². The topological polar surface area (TPSA) is 88.8 Å². The summed E-state index contributed by atoms with van der Waals surface area (Å²) in [7, 11) is -1.36. The van der Waals surface area contributed by atoms with Crippen molar-refractivity contribution in [2.24, 2.45) is 0 Å². The molecule has 1 aliphatic heterocycles. The van der Waals surface area contributed by atoms with Gasteiger partial charge in [0.1, 0.15) is 15.6 Å². The van der Waals surface area contributed by atoms with Gasteiger partial charge in [0.15, 0.2) is 11.1 Å². The van der Waals surface area contributed by atoms with Crippen LogP contribution in [0.3, 0.4) is 0 Å². The molecule has 0 amide bonds. The van der Waals surface area contributed by atoms with Gasteiger partial charge in [-0.15, -0.1) is 0 Å². The van der Waals surface area contributed by atoms with Gasteiger partial charge >= 0.3 is 0 Å². The summed E-state index contributed by atoms with van der Waals surface area (Å²) in [6.45, 7) is 3.65. The number of oxazole rings is 1. The van der Waals surface area contributed by atoms with E-state index in [0.717, 1.165) is 37.4 Å². The molecule has 1 aromatic carbocycles. The maximum absolute atomic E-state index is 11.4. The Morgan fingerprint density at radius 1 is 1.16 bits per heavy atom. The Hall–Kier alpha value is -3.09. The van der Waals surface area contributed by atoms with E-state index in [1.165, 1.54) is 6.26 Å². The smallest absolute Gasteiger partial charge is 0.274 e. The standard InChI is InChI=1S/C22H24N4O4S/c1-29-19-7-6-18(26-12-10-25(11-13-26)14-15-31(2,27)28)22-21(19)24-20(30-22)8-5-17-4-3-9-23-16-17/h3-4,6-7,9,16H,10-15H2,1-2H3. The fourth-order valence-corrected chi connectivity index (χ4v) is 4.10. The van der Waals surface area contributed by atoms with E-state index < -0.39 is 9.84 Å². The first kappa shape index (κ1) is 21.2. The molecular weight excluding hydrogens is 416 g/mol. The van der Waals surface area contributed by atoms with E-state index in [0.29, 0.717) is 29.3 Å². The molecule has 4 rings (SSSR count). The number of methoxy groups -OCH3 is 1. The molecular formula is C22H24N4O4S. The third-order valence-electron chi connectivity index (χ3n) is 5.17. The number of hydrogen-bond donors (Lipinski definition) is 0. The molecule has 1 fully saturated rings. The monoisotopic (exact) mass is 440 g/mol. The zero-order valence-electron chi connectivity index (χ0n) is 17.5. The predicted molar refractivity (Wildman–Crippen MR) is 119 cm³/mol. The lowest BCUT2D eigenvalue weighted by molar-refractivity contribution is 0.272. The third kappa shape index (κ3) is 5.16. The number of nitrogens with zero attached hydrogens (tertiary/aromatic N) is 4. The molecule has 0 unspecified atom stereocenters. The van der Waals surface area contributed by atoms with Gasteiger partial charge in [0.2, 0.25) is 0 Å². The Labute approximate surface area is 181 Å². The van der Waals surface area contributed by atoms with Crippen molar-refractivity contribution < 1.29 is 17.6 Å². The maximum Gasteiger partial charge on any atom is 0.274 e. The highest BCUT2D eigenvalue weighted by Gasteiger charge is 2.23. The molecule has 0 aliphatic carbocycles. The first-order valence-corrected chi connectivity index (χ1v) is 12.0. The van der Waals surface area contributed by atoms with Crippen LogP contribution in [-0.4, -0.2) is 75.1 Å². The minimum Gasteiger partial charge on any atom is -0.494 e. The zero-order valence-corrected chi connectivity index (χ0v) is 18.4. The number of aromatic nitrogens is 2. The summed E-state index contributed by atoms with van der Waals surface area (Å²) >= 11 is 0. The van der Waals surface area contributed by atoms with Crippen LogP contribution in [0.1, 0.15) is 11.5 Å². The summed E-state index contributed by atoms with van der Waals surface area (Å²) in [5.74, 6) is 7.10. The van der Waals surface area contributed by atoms with Crippen molar-refractivity contribution in [2.75, 3.05) is 56.7 Å². The van der Waals surface area contributed by atoms with Gasteiger partial charge in [-0.2, -0.15) is 4.98 Å². The van der Waals surface area contributed by atoms with Gasteiger partial charge in [0.25, 0.3) is 5.89 Å². The van der Waals surface area contributed by atoms with E-state index >= 15 is 0 Å². The van der Waals surface area contributed by atoms with Gasteiger partial charge < -0.3 is 14.1 Å². The molecule has 8 nitrogen and oxygen atoms in total. The van der Waals surface area contributed by atoms with Crippen LogP contribution in [0, 0.1) is 11.8 Å². The summed E-state index contributed by atoms with van der Waals surface area (Å²) in [6, 6.07) is 7.55. The third-order valence-corrected chi connectivity index (χ3v) is 6.10. The molecule has 9 heteroatoms. The molecule has 0 saturated carbocycles. The average molecular weight is 441 g/mol. The minimum atomic E-state index is -2.96. The van der Waals surface area contributed by atoms with Crippen molar-refractivity contribution in [2.45, 2.75) is 0 Å². The lowest BCUT2D eigenvalue weighted by Crippen LogP contribution is -2.47. The summed E-state index contributed by atoms with van der Waals surface area (Å²) in [4.78, 5) is 13.0. The number of anilines is 1. The SMILES string of the molecule is COc1ccc(N2CCN(CCS(C)(=O)=O)CC2)c2oc(C#Cc3cccnc3)nc12. The molecule has 3 heterocycles. The molecule has 1 aliphatic rings. The molecule has 162 valence electrons. The van der Waals surface area contributed by atoms with Crippen molar-refractivity contribution in [3.05, 3.63) is 48.1 Å². The highest BCUT2D eigenvalue weighted by Crippen LogP contribution is 2.34. The van der Waals surface area contributed by atoms with Crippen molar-refractivity contribution in [3.8, 4) is 17.6 Å². The molecule has 31 heavy (non-hydrogen) atoms. The van der Waals surface area contributed by atoms with Crippen LogP contribution in [0.2, 0.25) is 0 Å². The first-order chi connectivity index (χ1) is 14.9. The average Bonchev–Trinajstić information content (AvgIpc) is 3.20. The van der Waals surface area contributed by atoms with Crippen LogP contribution < -0.4 is 9.64 Å². The Morgan fingerprint density at radius 2 is 1.97 bits per heavy atom. The van der Waals surface area contributed by atoms with Crippen molar-refractivity contribution in [3.63, 3.8) is 0 Å². The first-order valence-electron chi connectivity index (χ1n) is 9.97. The normalized spacial score (nSPS) is 15.0. The Balaban J connectivity index is 1.56. The van der Waals surface area contributed by atoms with Gasteiger partial charge in [0.05, 0.1) is 18.6 Å². The molecule has 0 radical (unpaired) electrons. The van der Waals surface area contributed by atoms with Crippen molar-refractivity contribution in [1.29, 1.82) is 0 Å². The Bertz CT molecular complexity index is 1220. The lowest BCUT2D eigenvalue weighted by Gasteiger charge is -2.35. The van der Waals surface area contributed by atoms with E-state index in [1.807, 2.05) is 24.3 Å². The highest BCUT2D eigenvalue weighted by atomic mass is 32.2. The number of fused-ring (bicyclic) bond motifs is 1. The fourth-order valence-electron chi connectivity index (χ4n) is 3.51. The molecule has 0 N–H and O–H groups in total. The van der Waals surface area contributed by atoms with Gasteiger partial charge in [0, 0.05) is 56.9 Å². The van der Waals surface area contributed by atoms with E-state index in [1.54, 1.807) is 19.5 Å². The molecule has 1 saturated heterocycles. The Morgan fingerprint density at radius 3 is 2.65 bits per heavy atom. The lowest BCUT2D eigenvalue weighted by atomic mass is 10.2. The van der Waals surface area contributed by atoms with Crippen molar-refractivity contribution >= 4 is 26.6 Å². The molecule has 2 aromatic heterocycles. The quantitative estimate of drug-likeness (QED) is 0.555. The van der Waals surface area contributed by atoms with Gasteiger partial charge in [-0.05, 0) is 30.2 Å². The molecule has 0 atom stereocenters. The fraction of sp³-hybridized carbons (Fsp3) is 0.364. The number of ether oxygens (including phenoxy) is 1. The number of rotatable bonds is 5. The second-order valence-electron chi connectivity index (χ2n) is 7.43. The second kappa shape index (κ2) is 8.96. The number of piperazine rings is 1. The summed E-state index contributed by atoms with van der Waals surface area (Å²) in [5, 5.41) is 0. The van der Waals surface area contributed by atoms with Crippen LogP contribution in [0.25, 0.3) is 11.1 Å². The highest BCUT2D eigenvalue weighted by molar-refractivity contribution is 7.90. The molecule has 3 aromatic rings. The van der Waals surface area contributed by atoms with Gasteiger partial charge in [-0.25, -0.2) is 8.42 Å². The summed E-state index contributed by atoms with van der Waals surface area (Å²) in [6.07, 6.45) is 4.66. The summed E-state index contributed by atoms with van der Waals surface area (Å²) in [5.41, 5.74) is 2.98. The van der Waals surface area contributed by atoms with Crippen LogP contribution in [0.4, 0.5) is 5.69 Å². The maximum atomic E-state index is 11.4. The Kier molecular flexibility index (Phi) is 6.11. The van der Waals surface area contributed by atoms with Crippen LogP contribution in [-0.2, 0) is 9.84 Å². The van der Waals surface area contributed by atoms with E-state index in [2.05, 4.69) is 31.6 Å². The molecule has 0 bridgehead atoms. The van der Waals surface area contributed by atoms with Gasteiger partial charge in [-0.1, -0.05) is 5.92 Å². The van der Waals surface area contributed by atoms with E-state index in [9.17, 15) is 8.42 Å². The van der Waals surface area contributed by atoms with Crippen LogP contribution >= 0.6 is 0 Å².